The van der Waals surface area contributed by atoms with E-state index in [0.717, 1.165) is 61.5 Å². The summed E-state index contributed by atoms with van der Waals surface area (Å²) in [6, 6.07) is 7.49. The van der Waals surface area contributed by atoms with Crippen LogP contribution in [0.15, 0.2) is 24.3 Å². The van der Waals surface area contributed by atoms with E-state index in [2.05, 4.69) is 30.5 Å². The Hall–Kier alpha value is -2.59. The summed E-state index contributed by atoms with van der Waals surface area (Å²) in [5.74, 6) is 1.30. The molecule has 0 atom stereocenters. The number of hydrogen-bond donors (Lipinski definition) is 2. The summed E-state index contributed by atoms with van der Waals surface area (Å²) >= 11 is 7.64. The summed E-state index contributed by atoms with van der Waals surface area (Å²) in [5, 5.41) is 7.68. The van der Waals surface area contributed by atoms with Crippen LogP contribution < -0.4 is 10.6 Å². The Balaban J connectivity index is 1.41. The summed E-state index contributed by atoms with van der Waals surface area (Å²) in [4.78, 5) is 29.6. The number of nitrogens with zero attached hydrogens (tertiary/aromatic N) is 4. The molecule has 4 rings (SSSR count). The van der Waals surface area contributed by atoms with Gasteiger partial charge in [-0.15, -0.1) is 11.3 Å². The maximum Gasteiger partial charge on any atom is 0.267 e. The van der Waals surface area contributed by atoms with Crippen LogP contribution >= 0.6 is 22.9 Å². The summed E-state index contributed by atoms with van der Waals surface area (Å²) in [5.41, 5.74) is 3.09. The Kier molecular flexibility index (Phi) is 8.10. The summed E-state index contributed by atoms with van der Waals surface area (Å²) in [6.45, 7) is 10.9. The van der Waals surface area contributed by atoms with Gasteiger partial charge in [0, 0.05) is 38.7 Å². The predicted octanol–water partition coefficient (Wildman–Crippen LogP) is 4.10. The van der Waals surface area contributed by atoms with Crippen molar-refractivity contribution in [2.45, 2.75) is 27.2 Å². The molecular formula is C24H29ClN6O2S. The lowest BCUT2D eigenvalue weighted by molar-refractivity contribution is 0.0398. The number of nitrogens with one attached hydrogen (secondary N) is 2. The van der Waals surface area contributed by atoms with Crippen molar-refractivity contribution in [1.82, 2.24) is 19.9 Å². The molecule has 1 aliphatic heterocycles. The second kappa shape index (κ2) is 11.2. The number of carbonyl (C=O) groups excluding carboxylic acids is 1. The molecule has 34 heavy (non-hydrogen) atoms. The Morgan fingerprint density at radius 1 is 1.18 bits per heavy atom. The van der Waals surface area contributed by atoms with Gasteiger partial charge in [0.15, 0.2) is 0 Å². The Bertz CT molecular complexity index is 1140. The van der Waals surface area contributed by atoms with Crippen molar-refractivity contribution in [3.05, 3.63) is 61.9 Å². The van der Waals surface area contributed by atoms with Crippen LogP contribution in [-0.4, -0.2) is 65.2 Å². The fourth-order valence-electron chi connectivity index (χ4n) is 3.83. The molecule has 0 spiro atoms. The van der Waals surface area contributed by atoms with Gasteiger partial charge in [-0.1, -0.05) is 23.7 Å². The number of carbonyl (C=O) groups is 1. The van der Waals surface area contributed by atoms with Crippen LogP contribution in [0, 0.1) is 20.8 Å². The van der Waals surface area contributed by atoms with E-state index in [1.165, 1.54) is 11.3 Å². The number of morpholine rings is 1. The zero-order chi connectivity index (χ0) is 24.1. The number of anilines is 2. The average Bonchev–Trinajstić information content (AvgIpc) is 3.16. The van der Waals surface area contributed by atoms with E-state index in [-0.39, 0.29) is 5.91 Å². The first-order valence-corrected chi connectivity index (χ1v) is 12.5. The second-order valence-corrected chi connectivity index (χ2v) is 9.75. The molecule has 1 saturated heterocycles. The number of aromatic nitrogens is 3. The smallest absolute Gasteiger partial charge is 0.267 e. The normalized spacial score (nSPS) is 14.2. The highest BCUT2D eigenvalue weighted by Crippen LogP contribution is 2.28. The molecule has 0 bridgehead atoms. The van der Waals surface area contributed by atoms with Gasteiger partial charge in [-0.2, -0.15) is 0 Å². The molecule has 1 aromatic carbocycles. The first kappa shape index (κ1) is 24.5. The molecule has 0 saturated carbocycles. The number of benzene rings is 1. The van der Waals surface area contributed by atoms with Gasteiger partial charge in [0.05, 0.1) is 40.3 Å². The highest BCUT2D eigenvalue weighted by atomic mass is 35.5. The van der Waals surface area contributed by atoms with Crippen molar-refractivity contribution in [1.29, 1.82) is 0 Å². The lowest BCUT2D eigenvalue weighted by Gasteiger charge is -2.26. The largest absolute Gasteiger partial charge is 0.379 e. The van der Waals surface area contributed by atoms with Crippen LogP contribution in [0.5, 0.6) is 0 Å². The number of rotatable bonds is 8. The van der Waals surface area contributed by atoms with Crippen molar-refractivity contribution in [3.8, 4) is 0 Å². The molecule has 3 heterocycles. The van der Waals surface area contributed by atoms with Crippen molar-refractivity contribution < 1.29 is 9.53 Å². The molecule has 10 heteroatoms. The zero-order valence-corrected chi connectivity index (χ0v) is 21.2. The first-order valence-electron chi connectivity index (χ1n) is 11.3. The molecule has 0 unspecified atom stereocenters. The molecule has 3 aromatic rings. The summed E-state index contributed by atoms with van der Waals surface area (Å²) < 4.78 is 5.40. The van der Waals surface area contributed by atoms with Crippen LogP contribution in [0.1, 0.15) is 37.5 Å². The van der Waals surface area contributed by atoms with Crippen LogP contribution in [-0.2, 0) is 11.2 Å². The van der Waals surface area contributed by atoms with E-state index in [1.807, 2.05) is 39.0 Å². The van der Waals surface area contributed by atoms with Crippen LogP contribution in [0.3, 0.4) is 0 Å². The maximum atomic E-state index is 12.9. The Labute approximate surface area is 208 Å². The van der Waals surface area contributed by atoms with Crippen LogP contribution in [0.25, 0.3) is 0 Å². The van der Waals surface area contributed by atoms with E-state index in [4.69, 9.17) is 16.3 Å². The summed E-state index contributed by atoms with van der Waals surface area (Å²) in [7, 11) is 0. The minimum atomic E-state index is -0.207. The zero-order valence-electron chi connectivity index (χ0n) is 19.7. The SMILES string of the molecule is Cc1nc(Cc2nc(C)c(C(=O)Nc3c(C)cccc3Cl)s2)cc(NCCN2CCOCC2)n1. The maximum absolute atomic E-state index is 12.9. The Morgan fingerprint density at radius 3 is 2.74 bits per heavy atom. The topological polar surface area (TPSA) is 92.3 Å². The van der Waals surface area contributed by atoms with Gasteiger partial charge >= 0.3 is 0 Å². The highest BCUT2D eigenvalue weighted by molar-refractivity contribution is 7.14. The van der Waals surface area contributed by atoms with Crippen molar-refractivity contribution >= 4 is 40.4 Å². The monoisotopic (exact) mass is 500 g/mol. The minimum Gasteiger partial charge on any atom is -0.379 e. The fourth-order valence-corrected chi connectivity index (χ4v) is 5.08. The van der Waals surface area contributed by atoms with Gasteiger partial charge in [0.2, 0.25) is 0 Å². The van der Waals surface area contributed by atoms with Crippen LogP contribution in [0.2, 0.25) is 5.02 Å². The number of amides is 1. The number of para-hydroxylation sites is 1. The first-order chi connectivity index (χ1) is 16.4. The number of thiazole rings is 1. The van der Waals surface area contributed by atoms with E-state index in [9.17, 15) is 4.79 Å². The predicted molar refractivity (Wildman–Crippen MR) is 136 cm³/mol. The number of halogens is 1. The average molecular weight is 501 g/mol. The summed E-state index contributed by atoms with van der Waals surface area (Å²) in [6.07, 6.45) is 0.533. The van der Waals surface area contributed by atoms with E-state index in [0.29, 0.717) is 33.5 Å². The fraction of sp³-hybridized carbons (Fsp3) is 0.417. The van der Waals surface area contributed by atoms with E-state index < -0.39 is 0 Å². The number of hydrogen-bond acceptors (Lipinski definition) is 8. The molecule has 180 valence electrons. The third-order valence-corrected chi connectivity index (χ3v) is 7.04. The molecule has 1 aliphatic rings. The van der Waals surface area contributed by atoms with Gasteiger partial charge in [-0.05, 0) is 32.4 Å². The third-order valence-electron chi connectivity index (χ3n) is 5.57. The lowest BCUT2D eigenvalue weighted by Crippen LogP contribution is -2.39. The van der Waals surface area contributed by atoms with Crippen molar-refractivity contribution in [2.24, 2.45) is 0 Å². The molecule has 1 fully saturated rings. The van der Waals surface area contributed by atoms with Crippen molar-refractivity contribution in [2.75, 3.05) is 50.0 Å². The Morgan fingerprint density at radius 2 is 1.97 bits per heavy atom. The molecule has 0 radical (unpaired) electrons. The molecular weight excluding hydrogens is 472 g/mol. The molecule has 2 aromatic heterocycles. The van der Waals surface area contributed by atoms with Gasteiger partial charge in [0.25, 0.3) is 5.91 Å². The molecule has 2 N–H and O–H groups in total. The standard InChI is InChI=1S/C24H29ClN6O2S/c1-15-5-4-6-19(25)22(15)30-24(32)23-16(2)27-21(34-23)14-18-13-20(29-17(3)28-18)26-7-8-31-9-11-33-12-10-31/h4-6,13H,7-12,14H2,1-3H3,(H,30,32)(H,26,28,29). The minimum absolute atomic E-state index is 0.207. The highest BCUT2D eigenvalue weighted by Gasteiger charge is 2.18. The quantitative estimate of drug-likeness (QED) is 0.481. The second-order valence-electron chi connectivity index (χ2n) is 8.26. The third kappa shape index (κ3) is 6.29. The van der Waals surface area contributed by atoms with Gasteiger partial charge in [-0.3, -0.25) is 9.69 Å². The van der Waals surface area contributed by atoms with Gasteiger partial charge in [-0.25, -0.2) is 15.0 Å². The molecule has 0 aliphatic carbocycles. The molecule has 1 amide bonds. The molecule has 8 nitrogen and oxygen atoms in total. The number of ether oxygens (including phenoxy) is 1. The van der Waals surface area contributed by atoms with Gasteiger partial charge in [0.1, 0.15) is 16.5 Å². The lowest BCUT2D eigenvalue weighted by atomic mass is 10.2. The van der Waals surface area contributed by atoms with Gasteiger partial charge < -0.3 is 15.4 Å². The van der Waals surface area contributed by atoms with E-state index >= 15 is 0 Å². The van der Waals surface area contributed by atoms with E-state index in [1.54, 1.807) is 6.07 Å². The van der Waals surface area contributed by atoms with Crippen molar-refractivity contribution in [3.63, 3.8) is 0 Å². The number of aryl methyl sites for hydroxylation is 3. The van der Waals surface area contributed by atoms with Crippen LogP contribution in [0.4, 0.5) is 11.5 Å².